The highest BCUT2D eigenvalue weighted by molar-refractivity contribution is 7.92. The van der Waals surface area contributed by atoms with Crippen LogP contribution in [-0.2, 0) is 10.0 Å². The lowest BCUT2D eigenvalue weighted by molar-refractivity contribution is 0.562. The third-order valence-electron chi connectivity index (χ3n) is 4.81. The summed E-state index contributed by atoms with van der Waals surface area (Å²) in [5.41, 5.74) is 0.108. The fourth-order valence-electron chi connectivity index (χ4n) is 3.46. The SMILES string of the molecule is O=c1oc2ccccc2c(NC2CCCC2)c1NS(=O)(=O)c1ccccc1. The van der Waals surface area contributed by atoms with Crippen LogP contribution < -0.4 is 15.7 Å². The minimum Gasteiger partial charge on any atom is -0.421 e. The minimum atomic E-state index is -3.91. The summed E-state index contributed by atoms with van der Waals surface area (Å²) in [5, 5.41) is 4.06. The third-order valence-corrected chi connectivity index (χ3v) is 6.17. The molecule has 4 rings (SSSR count). The van der Waals surface area contributed by atoms with Crippen molar-refractivity contribution in [3.05, 3.63) is 65.0 Å². The van der Waals surface area contributed by atoms with Crippen LogP contribution in [0.1, 0.15) is 25.7 Å². The highest BCUT2D eigenvalue weighted by Gasteiger charge is 2.24. The van der Waals surface area contributed by atoms with Gasteiger partial charge in [-0.15, -0.1) is 0 Å². The molecule has 2 N–H and O–H groups in total. The number of hydrogen-bond acceptors (Lipinski definition) is 5. The van der Waals surface area contributed by atoms with Crippen molar-refractivity contribution in [1.29, 1.82) is 0 Å². The molecule has 3 aromatic rings. The average molecular weight is 384 g/mol. The van der Waals surface area contributed by atoms with Gasteiger partial charge in [-0.2, -0.15) is 0 Å². The minimum absolute atomic E-state index is 0.0792. The summed E-state index contributed by atoms with van der Waals surface area (Å²) in [4.78, 5) is 12.7. The van der Waals surface area contributed by atoms with E-state index >= 15 is 0 Å². The lowest BCUT2D eigenvalue weighted by Gasteiger charge is -2.19. The van der Waals surface area contributed by atoms with Crippen LogP contribution in [0.5, 0.6) is 0 Å². The molecule has 1 aromatic heterocycles. The van der Waals surface area contributed by atoms with E-state index in [4.69, 9.17) is 4.42 Å². The van der Waals surface area contributed by atoms with E-state index in [-0.39, 0.29) is 16.6 Å². The molecular weight excluding hydrogens is 364 g/mol. The number of para-hydroxylation sites is 1. The van der Waals surface area contributed by atoms with Crippen LogP contribution >= 0.6 is 0 Å². The van der Waals surface area contributed by atoms with E-state index in [1.807, 2.05) is 12.1 Å². The van der Waals surface area contributed by atoms with Crippen LogP contribution in [0.4, 0.5) is 11.4 Å². The van der Waals surface area contributed by atoms with Gasteiger partial charge in [0.05, 0.1) is 10.6 Å². The Morgan fingerprint density at radius 3 is 2.30 bits per heavy atom. The Labute approximate surface area is 157 Å². The molecule has 2 aromatic carbocycles. The molecule has 27 heavy (non-hydrogen) atoms. The molecule has 0 unspecified atom stereocenters. The Hall–Kier alpha value is -2.80. The van der Waals surface area contributed by atoms with Crippen LogP contribution in [0.25, 0.3) is 11.0 Å². The summed E-state index contributed by atoms with van der Waals surface area (Å²) in [7, 11) is -3.91. The standard InChI is InChI=1S/C20H20N2O4S/c23-20-19(22-27(24,25)15-10-2-1-3-11-15)18(21-14-8-4-5-9-14)16-12-6-7-13-17(16)26-20/h1-3,6-7,10-14,21-22H,4-5,8-9H2. The first-order valence-corrected chi connectivity index (χ1v) is 10.4. The Morgan fingerprint density at radius 1 is 0.889 bits per heavy atom. The van der Waals surface area contributed by atoms with Gasteiger partial charge in [-0.05, 0) is 37.1 Å². The van der Waals surface area contributed by atoms with Crippen LogP contribution in [0.2, 0.25) is 0 Å². The molecule has 0 atom stereocenters. The molecule has 1 fully saturated rings. The van der Waals surface area contributed by atoms with Crippen molar-refractivity contribution in [1.82, 2.24) is 0 Å². The van der Waals surface area contributed by atoms with Crippen molar-refractivity contribution in [3.63, 3.8) is 0 Å². The van der Waals surface area contributed by atoms with Crippen LogP contribution in [0.3, 0.4) is 0 Å². The molecule has 6 nitrogen and oxygen atoms in total. The van der Waals surface area contributed by atoms with Gasteiger partial charge in [-0.25, -0.2) is 13.2 Å². The van der Waals surface area contributed by atoms with Crippen LogP contribution in [-0.4, -0.2) is 14.5 Å². The van der Waals surface area contributed by atoms with Gasteiger partial charge in [-0.1, -0.05) is 43.2 Å². The summed E-state index contributed by atoms with van der Waals surface area (Å²) in [6, 6.07) is 15.3. The highest BCUT2D eigenvalue weighted by Crippen LogP contribution is 2.33. The predicted molar refractivity (Wildman–Crippen MR) is 106 cm³/mol. The number of rotatable bonds is 5. The van der Waals surface area contributed by atoms with Gasteiger partial charge in [0.25, 0.3) is 10.0 Å². The summed E-state index contributed by atoms with van der Waals surface area (Å²) >= 11 is 0. The zero-order valence-electron chi connectivity index (χ0n) is 14.6. The first-order chi connectivity index (χ1) is 13.0. The molecule has 0 saturated heterocycles. The van der Waals surface area contributed by atoms with Crippen molar-refractivity contribution in [3.8, 4) is 0 Å². The van der Waals surface area contributed by atoms with Gasteiger partial charge in [0.2, 0.25) is 0 Å². The van der Waals surface area contributed by atoms with E-state index in [1.165, 1.54) is 12.1 Å². The Balaban J connectivity index is 1.83. The molecule has 140 valence electrons. The van der Waals surface area contributed by atoms with Crippen molar-refractivity contribution < 1.29 is 12.8 Å². The number of hydrogen-bond donors (Lipinski definition) is 2. The van der Waals surface area contributed by atoms with E-state index in [9.17, 15) is 13.2 Å². The van der Waals surface area contributed by atoms with Crippen LogP contribution in [0.15, 0.2) is 68.7 Å². The average Bonchev–Trinajstić information content (AvgIpc) is 3.18. The van der Waals surface area contributed by atoms with E-state index in [0.717, 1.165) is 25.7 Å². The molecular formula is C20H20N2O4S. The fourth-order valence-corrected chi connectivity index (χ4v) is 4.55. The Bertz CT molecular complexity index is 1120. The van der Waals surface area contributed by atoms with E-state index in [1.54, 1.807) is 30.3 Å². The molecule has 1 saturated carbocycles. The second-order valence-electron chi connectivity index (χ2n) is 6.68. The molecule has 0 bridgehead atoms. The second kappa shape index (κ2) is 7.08. The number of fused-ring (bicyclic) bond motifs is 1. The highest BCUT2D eigenvalue weighted by atomic mass is 32.2. The monoisotopic (exact) mass is 384 g/mol. The molecule has 0 aliphatic heterocycles. The van der Waals surface area contributed by atoms with E-state index in [2.05, 4.69) is 10.0 Å². The van der Waals surface area contributed by atoms with Crippen LogP contribution in [0, 0.1) is 0 Å². The largest absolute Gasteiger partial charge is 0.421 e. The number of nitrogens with one attached hydrogen (secondary N) is 2. The molecule has 7 heteroatoms. The van der Waals surface area contributed by atoms with Gasteiger partial charge >= 0.3 is 5.63 Å². The van der Waals surface area contributed by atoms with Gasteiger partial charge < -0.3 is 9.73 Å². The lowest BCUT2D eigenvalue weighted by Crippen LogP contribution is -2.23. The predicted octanol–water partition coefficient (Wildman–Crippen LogP) is 3.95. The van der Waals surface area contributed by atoms with Crippen molar-refractivity contribution in [2.45, 2.75) is 36.6 Å². The van der Waals surface area contributed by atoms with Crippen molar-refractivity contribution in [2.24, 2.45) is 0 Å². The number of anilines is 2. The molecule has 0 spiro atoms. The number of sulfonamides is 1. The first kappa shape index (κ1) is 17.6. The Kier molecular flexibility index (Phi) is 4.61. The van der Waals surface area contributed by atoms with Gasteiger partial charge in [0, 0.05) is 11.4 Å². The molecule has 1 heterocycles. The van der Waals surface area contributed by atoms with Gasteiger partial charge in [0.1, 0.15) is 5.58 Å². The zero-order valence-corrected chi connectivity index (χ0v) is 15.5. The summed E-state index contributed by atoms with van der Waals surface area (Å²) in [6.45, 7) is 0. The maximum Gasteiger partial charge on any atom is 0.363 e. The fraction of sp³-hybridized carbons (Fsp3) is 0.250. The maximum atomic E-state index is 12.8. The quantitative estimate of drug-likeness (QED) is 0.650. The topological polar surface area (TPSA) is 88.4 Å². The molecule has 0 amide bonds. The molecule has 0 radical (unpaired) electrons. The summed E-state index contributed by atoms with van der Waals surface area (Å²) < 4.78 is 33.3. The first-order valence-electron chi connectivity index (χ1n) is 8.95. The number of benzene rings is 2. The van der Waals surface area contributed by atoms with Gasteiger partial charge in [0.15, 0.2) is 5.69 Å². The maximum absolute atomic E-state index is 12.8. The molecule has 1 aliphatic carbocycles. The Morgan fingerprint density at radius 2 is 1.56 bits per heavy atom. The summed E-state index contributed by atoms with van der Waals surface area (Å²) in [5.74, 6) is 0. The van der Waals surface area contributed by atoms with Crippen molar-refractivity contribution >= 4 is 32.4 Å². The van der Waals surface area contributed by atoms with Gasteiger partial charge in [-0.3, -0.25) is 4.72 Å². The van der Waals surface area contributed by atoms with E-state index in [0.29, 0.717) is 16.7 Å². The lowest BCUT2D eigenvalue weighted by atomic mass is 10.1. The second-order valence-corrected chi connectivity index (χ2v) is 8.36. The molecule has 1 aliphatic rings. The van der Waals surface area contributed by atoms with E-state index < -0.39 is 15.6 Å². The van der Waals surface area contributed by atoms with Crippen molar-refractivity contribution in [2.75, 3.05) is 10.0 Å². The zero-order chi connectivity index (χ0) is 18.9. The third kappa shape index (κ3) is 3.55. The normalized spacial score (nSPS) is 15.1. The smallest absolute Gasteiger partial charge is 0.363 e. The summed E-state index contributed by atoms with van der Waals surface area (Å²) in [6.07, 6.45) is 4.20.